The molecule has 0 rings (SSSR count). The summed E-state index contributed by atoms with van der Waals surface area (Å²) in [6, 6.07) is -0.595. The Labute approximate surface area is 108 Å². The van der Waals surface area contributed by atoms with Crippen molar-refractivity contribution in [2.75, 3.05) is 13.2 Å². The number of carbonyl (C=O) groups is 2. The van der Waals surface area contributed by atoms with E-state index in [1.807, 2.05) is 13.8 Å². The first-order valence-electron chi connectivity index (χ1n) is 5.94. The fraction of sp³-hybridized carbons (Fsp3) is 0.538. The first kappa shape index (κ1) is 16.2. The molecule has 0 aliphatic carbocycles. The molecule has 0 aliphatic heterocycles. The summed E-state index contributed by atoms with van der Waals surface area (Å²) in [6.07, 6.45) is 2.98. The molecule has 0 radical (unpaired) electrons. The quantitative estimate of drug-likeness (QED) is 0.647. The van der Waals surface area contributed by atoms with Crippen LogP contribution in [0.2, 0.25) is 0 Å². The maximum atomic E-state index is 11.8. The standard InChI is InChI=1S/C13H22N2O3/c1-5-7-14-12(16)11(9-10(3)4)15-13(17)18-8-6-2/h5-6,10-11H,1-2,7-9H2,3-4H3,(H,14,16)(H,15,17)/t11-/m0/s1. The van der Waals surface area contributed by atoms with E-state index >= 15 is 0 Å². The Balaban J connectivity index is 4.37. The van der Waals surface area contributed by atoms with Gasteiger partial charge in [0.1, 0.15) is 12.6 Å². The van der Waals surface area contributed by atoms with Gasteiger partial charge in [0.15, 0.2) is 0 Å². The molecule has 0 fully saturated rings. The summed E-state index contributed by atoms with van der Waals surface area (Å²) in [6.45, 7) is 11.4. The van der Waals surface area contributed by atoms with Gasteiger partial charge in [-0.2, -0.15) is 0 Å². The summed E-state index contributed by atoms with van der Waals surface area (Å²) < 4.78 is 4.79. The highest BCUT2D eigenvalue weighted by molar-refractivity contribution is 5.85. The second kappa shape index (κ2) is 9.27. The van der Waals surface area contributed by atoms with Crippen molar-refractivity contribution in [3.8, 4) is 0 Å². The lowest BCUT2D eigenvalue weighted by molar-refractivity contribution is -0.123. The molecule has 0 spiro atoms. The molecule has 0 aromatic rings. The largest absolute Gasteiger partial charge is 0.445 e. The topological polar surface area (TPSA) is 67.4 Å². The third kappa shape index (κ3) is 7.49. The fourth-order valence-electron chi connectivity index (χ4n) is 1.32. The molecular weight excluding hydrogens is 232 g/mol. The Morgan fingerprint density at radius 1 is 1.28 bits per heavy atom. The van der Waals surface area contributed by atoms with E-state index in [1.54, 1.807) is 6.08 Å². The predicted octanol–water partition coefficient (Wildman–Crippen LogP) is 1.62. The van der Waals surface area contributed by atoms with Crippen LogP contribution in [0.1, 0.15) is 20.3 Å². The lowest BCUT2D eigenvalue weighted by atomic mass is 10.0. The van der Waals surface area contributed by atoms with E-state index in [1.165, 1.54) is 6.08 Å². The summed E-state index contributed by atoms with van der Waals surface area (Å²) in [7, 11) is 0. The average Bonchev–Trinajstić information content (AvgIpc) is 2.32. The third-order valence-electron chi connectivity index (χ3n) is 2.07. The monoisotopic (exact) mass is 254 g/mol. The van der Waals surface area contributed by atoms with Gasteiger partial charge in [-0.25, -0.2) is 4.79 Å². The normalized spacial score (nSPS) is 11.5. The zero-order chi connectivity index (χ0) is 14.0. The van der Waals surface area contributed by atoms with Crippen LogP contribution in [0, 0.1) is 5.92 Å². The highest BCUT2D eigenvalue weighted by atomic mass is 16.5. The molecule has 0 bridgehead atoms. The minimum atomic E-state index is -0.616. The molecule has 0 unspecified atom stereocenters. The van der Waals surface area contributed by atoms with Gasteiger partial charge in [0.2, 0.25) is 5.91 Å². The summed E-state index contributed by atoms with van der Waals surface area (Å²) in [5.74, 6) is 0.0448. The number of carbonyl (C=O) groups excluding carboxylic acids is 2. The lowest BCUT2D eigenvalue weighted by Gasteiger charge is -2.19. The number of hydrogen-bond donors (Lipinski definition) is 2. The van der Waals surface area contributed by atoms with Crippen LogP contribution in [-0.4, -0.2) is 31.2 Å². The Kier molecular flexibility index (Phi) is 8.35. The lowest BCUT2D eigenvalue weighted by Crippen LogP contribution is -2.47. The summed E-state index contributed by atoms with van der Waals surface area (Å²) in [5.41, 5.74) is 0. The molecule has 0 aromatic heterocycles. The molecule has 5 nitrogen and oxygen atoms in total. The van der Waals surface area contributed by atoms with Gasteiger partial charge in [0.25, 0.3) is 0 Å². The Morgan fingerprint density at radius 2 is 1.94 bits per heavy atom. The van der Waals surface area contributed by atoms with Gasteiger partial charge >= 0.3 is 6.09 Å². The number of ether oxygens (including phenoxy) is 1. The molecule has 1 atom stereocenters. The van der Waals surface area contributed by atoms with Crippen LogP contribution in [0.15, 0.2) is 25.3 Å². The number of hydrogen-bond acceptors (Lipinski definition) is 3. The van der Waals surface area contributed by atoms with Crippen LogP contribution in [-0.2, 0) is 9.53 Å². The van der Waals surface area contributed by atoms with Gasteiger partial charge in [0.05, 0.1) is 0 Å². The second-order valence-corrected chi connectivity index (χ2v) is 4.25. The van der Waals surface area contributed by atoms with E-state index in [0.29, 0.717) is 13.0 Å². The molecule has 0 saturated carbocycles. The third-order valence-corrected chi connectivity index (χ3v) is 2.07. The van der Waals surface area contributed by atoms with Gasteiger partial charge in [0, 0.05) is 6.54 Å². The van der Waals surface area contributed by atoms with E-state index in [2.05, 4.69) is 23.8 Å². The van der Waals surface area contributed by atoms with Crippen molar-refractivity contribution in [3.05, 3.63) is 25.3 Å². The zero-order valence-electron chi connectivity index (χ0n) is 11.1. The zero-order valence-corrected chi connectivity index (χ0v) is 11.1. The van der Waals surface area contributed by atoms with Crippen molar-refractivity contribution in [2.45, 2.75) is 26.3 Å². The highest BCUT2D eigenvalue weighted by Crippen LogP contribution is 2.05. The van der Waals surface area contributed by atoms with Gasteiger partial charge in [-0.05, 0) is 12.3 Å². The van der Waals surface area contributed by atoms with Crippen LogP contribution in [0.3, 0.4) is 0 Å². The van der Waals surface area contributed by atoms with Crippen molar-refractivity contribution < 1.29 is 14.3 Å². The molecule has 0 heterocycles. The fourth-order valence-corrected chi connectivity index (χ4v) is 1.32. The summed E-state index contributed by atoms with van der Waals surface area (Å²) >= 11 is 0. The Morgan fingerprint density at radius 3 is 2.44 bits per heavy atom. The minimum absolute atomic E-state index is 0.120. The van der Waals surface area contributed by atoms with Crippen LogP contribution in [0.25, 0.3) is 0 Å². The van der Waals surface area contributed by atoms with Gasteiger partial charge in [-0.3, -0.25) is 4.79 Å². The number of amides is 2. The van der Waals surface area contributed by atoms with Crippen LogP contribution in [0.5, 0.6) is 0 Å². The van der Waals surface area contributed by atoms with Crippen molar-refractivity contribution in [3.63, 3.8) is 0 Å². The number of rotatable bonds is 8. The SMILES string of the molecule is C=CCNC(=O)[C@H](CC(C)C)NC(=O)OCC=C. The van der Waals surface area contributed by atoms with E-state index < -0.39 is 12.1 Å². The molecule has 18 heavy (non-hydrogen) atoms. The van der Waals surface area contributed by atoms with Crippen molar-refractivity contribution >= 4 is 12.0 Å². The maximum Gasteiger partial charge on any atom is 0.408 e. The van der Waals surface area contributed by atoms with Crippen LogP contribution >= 0.6 is 0 Å². The van der Waals surface area contributed by atoms with E-state index in [4.69, 9.17) is 4.74 Å². The minimum Gasteiger partial charge on any atom is -0.445 e. The molecule has 0 saturated heterocycles. The Hall–Kier alpha value is -1.78. The van der Waals surface area contributed by atoms with Crippen LogP contribution in [0.4, 0.5) is 4.79 Å². The number of alkyl carbamates (subject to hydrolysis) is 1. The highest BCUT2D eigenvalue weighted by Gasteiger charge is 2.21. The predicted molar refractivity (Wildman–Crippen MR) is 71.1 cm³/mol. The number of nitrogens with one attached hydrogen (secondary N) is 2. The first-order chi connectivity index (χ1) is 8.51. The molecule has 5 heteroatoms. The smallest absolute Gasteiger partial charge is 0.408 e. The van der Waals surface area contributed by atoms with Crippen molar-refractivity contribution in [2.24, 2.45) is 5.92 Å². The molecule has 0 aliphatic rings. The van der Waals surface area contributed by atoms with E-state index in [0.717, 1.165) is 0 Å². The Bertz CT molecular complexity index is 301. The first-order valence-corrected chi connectivity index (χ1v) is 5.94. The van der Waals surface area contributed by atoms with Crippen molar-refractivity contribution in [1.82, 2.24) is 10.6 Å². The second-order valence-electron chi connectivity index (χ2n) is 4.25. The summed E-state index contributed by atoms with van der Waals surface area (Å²) in [4.78, 5) is 23.2. The molecule has 102 valence electrons. The van der Waals surface area contributed by atoms with Gasteiger partial charge in [-0.15, -0.1) is 6.58 Å². The van der Waals surface area contributed by atoms with Gasteiger partial charge in [-0.1, -0.05) is 32.6 Å². The van der Waals surface area contributed by atoms with Crippen molar-refractivity contribution in [1.29, 1.82) is 0 Å². The maximum absolute atomic E-state index is 11.8. The average molecular weight is 254 g/mol. The molecule has 2 amide bonds. The van der Waals surface area contributed by atoms with E-state index in [-0.39, 0.29) is 18.4 Å². The van der Waals surface area contributed by atoms with Gasteiger partial charge < -0.3 is 15.4 Å². The van der Waals surface area contributed by atoms with E-state index in [9.17, 15) is 9.59 Å². The molecule has 2 N–H and O–H groups in total. The molecule has 0 aromatic carbocycles. The summed E-state index contributed by atoms with van der Waals surface area (Å²) in [5, 5.41) is 5.19. The molecular formula is C13H22N2O3. The van der Waals surface area contributed by atoms with Crippen LogP contribution < -0.4 is 10.6 Å².